The lowest BCUT2D eigenvalue weighted by Gasteiger charge is -2.04. The first-order valence-corrected chi connectivity index (χ1v) is 6.26. The van der Waals surface area contributed by atoms with E-state index in [1.54, 1.807) is 36.4 Å². The number of anilines is 1. The van der Waals surface area contributed by atoms with Gasteiger partial charge in [-0.2, -0.15) is 0 Å². The summed E-state index contributed by atoms with van der Waals surface area (Å²) in [7, 11) is 0. The highest BCUT2D eigenvalue weighted by Crippen LogP contribution is 2.13. The maximum Gasteiger partial charge on any atom is 0.303 e. The SMILES string of the molecule is O=C(O)CCC(=O)c1ccc(NC(=O)c2ccco2)cc1. The summed E-state index contributed by atoms with van der Waals surface area (Å²) in [5, 5.41) is 11.2. The molecule has 0 spiro atoms. The van der Waals surface area contributed by atoms with E-state index < -0.39 is 5.97 Å². The largest absolute Gasteiger partial charge is 0.481 e. The molecule has 0 aliphatic carbocycles. The molecule has 0 bridgehead atoms. The summed E-state index contributed by atoms with van der Waals surface area (Å²) in [6.45, 7) is 0. The highest BCUT2D eigenvalue weighted by molar-refractivity contribution is 6.03. The molecular weight excluding hydrogens is 274 g/mol. The van der Waals surface area contributed by atoms with Gasteiger partial charge in [-0.25, -0.2) is 0 Å². The third kappa shape index (κ3) is 4.04. The molecule has 0 aliphatic rings. The Labute approximate surface area is 120 Å². The van der Waals surface area contributed by atoms with Gasteiger partial charge in [-0.3, -0.25) is 14.4 Å². The van der Waals surface area contributed by atoms with Crippen LogP contribution < -0.4 is 5.32 Å². The van der Waals surface area contributed by atoms with Crippen molar-refractivity contribution in [3.05, 3.63) is 54.0 Å². The number of Topliss-reactive ketones (excluding diaryl/α,β-unsaturated/α-hetero) is 1. The average molecular weight is 287 g/mol. The van der Waals surface area contributed by atoms with Crippen LogP contribution in [-0.2, 0) is 4.79 Å². The molecule has 0 unspecified atom stereocenters. The Morgan fingerprint density at radius 3 is 2.33 bits per heavy atom. The number of carboxylic acid groups (broad SMARTS) is 1. The number of furan rings is 1. The Bertz CT molecular complexity index is 643. The van der Waals surface area contributed by atoms with Crippen molar-refractivity contribution >= 4 is 23.3 Å². The number of carbonyl (C=O) groups is 3. The summed E-state index contributed by atoms with van der Waals surface area (Å²) in [5.41, 5.74) is 0.929. The third-order valence-electron chi connectivity index (χ3n) is 2.78. The van der Waals surface area contributed by atoms with Gasteiger partial charge < -0.3 is 14.8 Å². The summed E-state index contributed by atoms with van der Waals surface area (Å²) in [5.74, 6) is -1.45. The van der Waals surface area contributed by atoms with Crippen LogP contribution in [0.4, 0.5) is 5.69 Å². The normalized spacial score (nSPS) is 10.1. The highest BCUT2D eigenvalue weighted by atomic mass is 16.4. The topological polar surface area (TPSA) is 96.6 Å². The molecule has 108 valence electrons. The molecule has 2 aromatic rings. The summed E-state index contributed by atoms with van der Waals surface area (Å²) in [6, 6.07) is 9.39. The van der Waals surface area contributed by atoms with Gasteiger partial charge in [0.1, 0.15) is 0 Å². The Kier molecular flexibility index (Phi) is 4.50. The zero-order valence-electron chi connectivity index (χ0n) is 11.0. The molecule has 1 aromatic heterocycles. The summed E-state index contributed by atoms with van der Waals surface area (Å²) >= 11 is 0. The van der Waals surface area contributed by atoms with E-state index in [-0.39, 0.29) is 30.3 Å². The van der Waals surface area contributed by atoms with E-state index in [2.05, 4.69) is 5.32 Å². The van der Waals surface area contributed by atoms with Gasteiger partial charge in [-0.15, -0.1) is 0 Å². The van der Waals surface area contributed by atoms with Crippen LogP contribution in [0, 0.1) is 0 Å². The van der Waals surface area contributed by atoms with Crippen molar-refractivity contribution in [3.63, 3.8) is 0 Å². The van der Waals surface area contributed by atoms with Crippen LogP contribution in [0.25, 0.3) is 0 Å². The van der Waals surface area contributed by atoms with Crippen molar-refractivity contribution in [2.45, 2.75) is 12.8 Å². The molecule has 1 amide bonds. The number of hydrogen-bond acceptors (Lipinski definition) is 4. The molecule has 1 aromatic carbocycles. The number of benzene rings is 1. The molecule has 0 atom stereocenters. The lowest BCUT2D eigenvalue weighted by Crippen LogP contribution is -2.11. The fraction of sp³-hybridized carbons (Fsp3) is 0.133. The Balaban J connectivity index is 1.97. The first-order chi connectivity index (χ1) is 10.1. The molecular formula is C15H13NO5. The quantitative estimate of drug-likeness (QED) is 0.796. The van der Waals surface area contributed by atoms with Crippen LogP contribution in [0.15, 0.2) is 47.1 Å². The fourth-order valence-corrected chi connectivity index (χ4v) is 1.70. The number of aliphatic carboxylic acids is 1. The van der Waals surface area contributed by atoms with Crippen molar-refractivity contribution in [1.82, 2.24) is 0 Å². The van der Waals surface area contributed by atoms with Crippen molar-refractivity contribution < 1.29 is 23.9 Å². The highest BCUT2D eigenvalue weighted by Gasteiger charge is 2.10. The Morgan fingerprint density at radius 1 is 1.05 bits per heavy atom. The van der Waals surface area contributed by atoms with Crippen LogP contribution in [0.3, 0.4) is 0 Å². The average Bonchev–Trinajstić information content (AvgIpc) is 3.00. The van der Waals surface area contributed by atoms with E-state index in [4.69, 9.17) is 9.52 Å². The van der Waals surface area contributed by atoms with Crippen LogP contribution in [0.5, 0.6) is 0 Å². The van der Waals surface area contributed by atoms with Gasteiger partial charge in [0.25, 0.3) is 5.91 Å². The van der Waals surface area contributed by atoms with Gasteiger partial charge in [-0.1, -0.05) is 0 Å². The summed E-state index contributed by atoms with van der Waals surface area (Å²) < 4.78 is 4.96. The monoisotopic (exact) mass is 287 g/mol. The fourth-order valence-electron chi connectivity index (χ4n) is 1.70. The maximum absolute atomic E-state index is 11.7. The van der Waals surface area contributed by atoms with Crippen molar-refractivity contribution in [3.8, 4) is 0 Å². The van der Waals surface area contributed by atoms with Crippen LogP contribution in [0.2, 0.25) is 0 Å². The van der Waals surface area contributed by atoms with Gasteiger partial charge in [0.05, 0.1) is 12.7 Å². The number of carbonyl (C=O) groups excluding carboxylic acids is 2. The molecule has 2 N–H and O–H groups in total. The molecule has 0 fully saturated rings. The van der Waals surface area contributed by atoms with Crippen molar-refractivity contribution in [2.24, 2.45) is 0 Å². The molecule has 21 heavy (non-hydrogen) atoms. The maximum atomic E-state index is 11.7. The van der Waals surface area contributed by atoms with Gasteiger partial charge in [-0.05, 0) is 36.4 Å². The number of rotatable bonds is 6. The predicted octanol–water partition coefficient (Wildman–Crippen LogP) is 2.58. The number of amides is 1. The minimum absolute atomic E-state index is 0.0482. The zero-order valence-corrected chi connectivity index (χ0v) is 11.0. The molecule has 6 nitrogen and oxygen atoms in total. The smallest absolute Gasteiger partial charge is 0.303 e. The molecule has 1 heterocycles. The second-order valence-corrected chi connectivity index (χ2v) is 4.33. The van der Waals surface area contributed by atoms with E-state index in [0.29, 0.717) is 11.3 Å². The van der Waals surface area contributed by atoms with Gasteiger partial charge in [0, 0.05) is 17.7 Å². The minimum Gasteiger partial charge on any atom is -0.481 e. The second kappa shape index (κ2) is 6.51. The summed E-state index contributed by atoms with van der Waals surface area (Å²) in [6.07, 6.45) is 1.16. The molecule has 0 radical (unpaired) electrons. The molecule has 0 aliphatic heterocycles. The number of hydrogen-bond donors (Lipinski definition) is 2. The number of nitrogens with one attached hydrogen (secondary N) is 1. The minimum atomic E-state index is -1.01. The zero-order chi connectivity index (χ0) is 15.2. The third-order valence-corrected chi connectivity index (χ3v) is 2.78. The van der Waals surface area contributed by atoms with Gasteiger partial charge >= 0.3 is 5.97 Å². The van der Waals surface area contributed by atoms with E-state index in [1.807, 2.05) is 0 Å². The Hall–Kier alpha value is -2.89. The first-order valence-electron chi connectivity index (χ1n) is 6.26. The lowest BCUT2D eigenvalue weighted by atomic mass is 10.1. The molecule has 6 heteroatoms. The number of carboxylic acids is 1. The van der Waals surface area contributed by atoms with Crippen LogP contribution in [-0.4, -0.2) is 22.8 Å². The van der Waals surface area contributed by atoms with Gasteiger partial charge in [0.15, 0.2) is 11.5 Å². The van der Waals surface area contributed by atoms with Crippen molar-refractivity contribution in [1.29, 1.82) is 0 Å². The lowest BCUT2D eigenvalue weighted by molar-refractivity contribution is -0.136. The number of ketones is 1. The second-order valence-electron chi connectivity index (χ2n) is 4.33. The van der Waals surface area contributed by atoms with E-state index in [9.17, 15) is 14.4 Å². The molecule has 0 saturated heterocycles. The molecule has 2 rings (SSSR count). The first kappa shape index (κ1) is 14.5. The van der Waals surface area contributed by atoms with Crippen LogP contribution in [0.1, 0.15) is 33.8 Å². The summed E-state index contributed by atoms with van der Waals surface area (Å²) in [4.78, 5) is 33.9. The van der Waals surface area contributed by atoms with E-state index >= 15 is 0 Å². The van der Waals surface area contributed by atoms with Gasteiger partial charge in [0.2, 0.25) is 0 Å². The van der Waals surface area contributed by atoms with Crippen molar-refractivity contribution in [2.75, 3.05) is 5.32 Å². The molecule has 0 saturated carbocycles. The van der Waals surface area contributed by atoms with Crippen LogP contribution >= 0.6 is 0 Å². The van der Waals surface area contributed by atoms with E-state index in [0.717, 1.165) is 0 Å². The standard InChI is InChI=1S/C15H13NO5/c17-12(7-8-14(18)19)10-3-5-11(6-4-10)16-15(20)13-2-1-9-21-13/h1-6,9H,7-8H2,(H,16,20)(H,18,19). The van der Waals surface area contributed by atoms with E-state index in [1.165, 1.54) is 6.26 Å². The predicted molar refractivity (Wildman–Crippen MR) is 74.3 cm³/mol. The Morgan fingerprint density at radius 2 is 1.76 bits per heavy atom.